The van der Waals surface area contributed by atoms with Gasteiger partial charge in [-0.1, -0.05) is 30.8 Å². The predicted octanol–water partition coefficient (Wildman–Crippen LogP) is 2.94. The average molecular weight is 332 g/mol. The van der Waals surface area contributed by atoms with Crippen molar-refractivity contribution in [2.75, 3.05) is 34.2 Å². The molecule has 0 amide bonds. The van der Waals surface area contributed by atoms with Crippen LogP contribution in [0.15, 0.2) is 43.0 Å². The molecule has 0 heterocycles. The molecular formula is C18H20O6. The molecule has 0 saturated carbocycles. The Morgan fingerprint density at radius 3 is 2.50 bits per heavy atom. The van der Waals surface area contributed by atoms with Gasteiger partial charge in [-0.2, -0.15) is 0 Å². The maximum atomic E-state index is 11.1. The van der Waals surface area contributed by atoms with E-state index in [-0.39, 0.29) is 20.0 Å². The third-order valence-electron chi connectivity index (χ3n) is 3.22. The predicted molar refractivity (Wildman–Crippen MR) is 89.7 cm³/mol. The molecule has 0 fully saturated rings. The second-order valence-corrected chi connectivity index (χ2v) is 4.72. The van der Waals surface area contributed by atoms with Crippen molar-refractivity contribution in [3.63, 3.8) is 0 Å². The van der Waals surface area contributed by atoms with Crippen LogP contribution in [0.3, 0.4) is 0 Å². The van der Waals surface area contributed by atoms with Gasteiger partial charge in [0, 0.05) is 30.0 Å². The van der Waals surface area contributed by atoms with Crippen LogP contribution in [0.25, 0.3) is 10.8 Å². The third kappa shape index (κ3) is 4.17. The number of hydrogen-bond acceptors (Lipinski definition) is 6. The zero-order chi connectivity index (χ0) is 17.4. The van der Waals surface area contributed by atoms with Gasteiger partial charge in [0.1, 0.15) is 19.0 Å². The fourth-order valence-electron chi connectivity index (χ4n) is 2.18. The number of carbonyl (C=O) groups excluding carboxylic acids is 1. The Hall–Kier alpha value is -2.73. The molecule has 2 aromatic carbocycles. The summed E-state index contributed by atoms with van der Waals surface area (Å²) in [6.45, 7) is 3.78. The van der Waals surface area contributed by atoms with Crippen molar-refractivity contribution in [2.24, 2.45) is 0 Å². The Morgan fingerprint density at radius 2 is 1.83 bits per heavy atom. The molecule has 0 aromatic heterocycles. The summed E-state index contributed by atoms with van der Waals surface area (Å²) in [4.78, 5) is 11.1. The lowest BCUT2D eigenvalue weighted by molar-refractivity contribution is -0.138. The number of fused-ring (bicyclic) bond motifs is 1. The summed E-state index contributed by atoms with van der Waals surface area (Å²) in [6, 6.07) is 9.37. The number of carbonyl (C=O) groups is 1. The first kappa shape index (κ1) is 17.6. The van der Waals surface area contributed by atoms with Crippen LogP contribution in [-0.4, -0.2) is 40.2 Å². The Kier molecular flexibility index (Phi) is 6.45. The minimum absolute atomic E-state index is 0.115. The van der Waals surface area contributed by atoms with Crippen LogP contribution in [0.5, 0.6) is 17.2 Å². The van der Waals surface area contributed by atoms with Crippen molar-refractivity contribution < 1.29 is 28.5 Å². The lowest BCUT2D eigenvalue weighted by Crippen LogP contribution is -2.11. The number of ether oxygens (including phenoxy) is 5. The maximum absolute atomic E-state index is 11.1. The Bertz CT molecular complexity index is 710. The first-order valence-corrected chi connectivity index (χ1v) is 7.34. The van der Waals surface area contributed by atoms with E-state index in [0.29, 0.717) is 17.2 Å². The van der Waals surface area contributed by atoms with Gasteiger partial charge in [0.15, 0.2) is 18.3 Å². The highest BCUT2D eigenvalue weighted by Gasteiger charge is 2.15. The molecule has 2 rings (SSSR count). The molecular weight excluding hydrogens is 312 g/mol. The van der Waals surface area contributed by atoms with E-state index in [1.165, 1.54) is 0 Å². The molecule has 0 aliphatic carbocycles. The molecule has 0 N–H and O–H groups in total. The summed E-state index contributed by atoms with van der Waals surface area (Å²) in [6.07, 6.45) is 1.11. The van der Waals surface area contributed by atoms with E-state index in [2.05, 4.69) is 6.58 Å². The highest BCUT2D eigenvalue weighted by molar-refractivity contribution is 5.95. The van der Waals surface area contributed by atoms with Crippen molar-refractivity contribution >= 4 is 16.7 Å². The van der Waals surface area contributed by atoms with Crippen LogP contribution < -0.4 is 14.2 Å². The van der Waals surface area contributed by atoms with Crippen LogP contribution >= 0.6 is 0 Å². The Labute approximate surface area is 140 Å². The number of methoxy groups -OCH3 is 2. The van der Waals surface area contributed by atoms with E-state index in [0.717, 1.165) is 16.8 Å². The van der Waals surface area contributed by atoms with E-state index in [1.807, 2.05) is 24.3 Å². The summed E-state index contributed by atoms with van der Waals surface area (Å²) in [5.41, 5.74) is 0. The maximum Gasteiger partial charge on any atom is 0.330 e. The van der Waals surface area contributed by atoms with Crippen molar-refractivity contribution in [3.05, 3.63) is 43.0 Å². The van der Waals surface area contributed by atoms with Crippen LogP contribution in [0.4, 0.5) is 0 Å². The normalized spacial score (nSPS) is 10.2. The summed E-state index contributed by atoms with van der Waals surface area (Å²) < 4.78 is 26.6. The summed E-state index contributed by atoms with van der Waals surface area (Å²) in [5, 5.41) is 1.70. The fraction of sp³-hybridized carbons (Fsp3) is 0.278. The fourth-order valence-corrected chi connectivity index (χ4v) is 2.18. The summed E-state index contributed by atoms with van der Waals surface area (Å²) in [5.74, 6) is 1.23. The van der Waals surface area contributed by atoms with Crippen LogP contribution in [0.1, 0.15) is 0 Å². The topological polar surface area (TPSA) is 63.2 Å². The molecule has 0 bridgehead atoms. The quantitative estimate of drug-likeness (QED) is 0.304. The second-order valence-electron chi connectivity index (χ2n) is 4.72. The molecule has 24 heavy (non-hydrogen) atoms. The lowest BCUT2D eigenvalue weighted by atomic mass is 10.1. The average Bonchev–Trinajstić information content (AvgIpc) is 2.63. The van der Waals surface area contributed by atoms with Gasteiger partial charge in [0.2, 0.25) is 0 Å². The molecule has 2 aromatic rings. The molecule has 0 spiro atoms. The van der Waals surface area contributed by atoms with Crippen molar-refractivity contribution in [1.29, 1.82) is 0 Å². The van der Waals surface area contributed by atoms with Gasteiger partial charge >= 0.3 is 5.97 Å². The van der Waals surface area contributed by atoms with Crippen molar-refractivity contribution in [2.45, 2.75) is 0 Å². The second kappa shape index (κ2) is 8.79. The zero-order valence-corrected chi connectivity index (χ0v) is 13.7. The smallest absolute Gasteiger partial charge is 0.330 e. The van der Waals surface area contributed by atoms with Gasteiger partial charge < -0.3 is 23.7 Å². The molecule has 0 aliphatic heterocycles. The molecule has 0 saturated heterocycles. The van der Waals surface area contributed by atoms with Gasteiger partial charge in [0.25, 0.3) is 0 Å². The van der Waals surface area contributed by atoms with Crippen LogP contribution in [0.2, 0.25) is 0 Å². The molecule has 0 radical (unpaired) electrons. The molecule has 6 nitrogen and oxygen atoms in total. The van der Waals surface area contributed by atoms with Gasteiger partial charge in [-0.05, 0) is 0 Å². The number of rotatable bonds is 9. The van der Waals surface area contributed by atoms with E-state index < -0.39 is 5.97 Å². The van der Waals surface area contributed by atoms with E-state index >= 15 is 0 Å². The molecule has 6 heteroatoms. The largest absolute Gasteiger partial charge is 0.493 e. The molecule has 128 valence electrons. The highest BCUT2D eigenvalue weighted by atomic mass is 16.7. The lowest BCUT2D eigenvalue weighted by Gasteiger charge is -2.16. The minimum Gasteiger partial charge on any atom is -0.493 e. The first-order chi connectivity index (χ1) is 11.7. The van der Waals surface area contributed by atoms with E-state index in [1.54, 1.807) is 20.3 Å². The van der Waals surface area contributed by atoms with Gasteiger partial charge in [-0.25, -0.2) is 4.79 Å². The summed E-state index contributed by atoms with van der Waals surface area (Å²) >= 11 is 0. The Balaban J connectivity index is 2.27. The van der Waals surface area contributed by atoms with E-state index in [9.17, 15) is 4.79 Å². The van der Waals surface area contributed by atoms with Gasteiger partial charge in [-0.15, -0.1) is 0 Å². The van der Waals surface area contributed by atoms with Crippen molar-refractivity contribution in [1.82, 2.24) is 0 Å². The number of benzene rings is 2. The van der Waals surface area contributed by atoms with Gasteiger partial charge in [-0.3, -0.25) is 0 Å². The molecule has 0 aliphatic rings. The summed E-state index contributed by atoms with van der Waals surface area (Å²) in [7, 11) is 3.11. The molecule has 0 atom stereocenters. The zero-order valence-electron chi connectivity index (χ0n) is 13.7. The Morgan fingerprint density at radius 1 is 1.08 bits per heavy atom. The minimum atomic E-state index is -0.487. The van der Waals surface area contributed by atoms with E-state index in [4.69, 9.17) is 23.7 Å². The third-order valence-corrected chi connectivity index (χ3v) is 3.22. The standard InChI is InChI=1S/C18H20O6/c1-4-17(19)22-9-10-23-18-14-8-6-5-7-13(14)15(24-12-20-2)11-16(18)21-3/h4-8,11H,1,9-10,12H2,2-3H3. The number of esters is 1. The first-order valence-electron chi connectivity index (χ1n) is 7.34. The van der Waals surface area contributed by atoms with Crippen molar-refractivity contribution in [3.8, 4) is 17.2 Å². The molecule has 0 unspecified atom stereocenters. The monoisotopic (exact) mass is 332 g/mol. The van der Waals surface area contributed by atoms with Gasteiger partial charge in [0.05, 0.1) is 7.11 Å². The number of hydrogen-bond donors (Lipinski definition) is 0. The van der Waals surface area contributed by atoms with Crippen LogP contribution in [-0.2, 0) is 14.3 Å². The highest BCUT2D eigenvalue weighted by Crippen LogP contribution is 2.41. The van der Waals surface area contributed by atoms with Crippen LogP contribution in [0, 0.1) is 0 Å². The SMILES string of the molecule is C=CC(=O)OCCOc1c(OC)cc(OCOC)c2ccccc12.